The first kappa shape index (κ1) is 15.1. The number of alkyl halides is 1. The number of hydrogen-bond donors (Lipinski definition) is 1. The Bertz CT molecular complexity index is 525. The maximum absolute atomic E-state index is 12.1. The molecule has 0 bridgehead atoms. The summed E-state index contributed by atoms with van der Waals surface area (Å²) in [6.45, 7) is 2.36. The van der Waals surface area contributed by atoms with Crippen molar-refractivity contribution in [3.05, 3.63) is 27.8 Å². The zero-order valence-electron chi connectivity index (χ0n) is 11.8. The van der Waals surface area contributed by atoms with Crippen LogP contribution >= 0.6 is 11.6 Å². The minimum absolute atomic E-state index is 0.0692. The number of carbonyl (C=O) groups excluding carboxylic acids is 1. The number of benzene rings is 1. The molecule has 1 aromatic rings. The third-order valence-electron chi connectivity index (χ3n) is 3.77. The molecule has 1 aliphatic rings. The van der Waals surface area contributed by atoms with Crippen LogP contribution in [-0.4, -0.2) is 30.7 Å². The number of carbonyl (C=O) groups is 1. The van der Waals surface area contributed by atoms with E-state index in [2.05, 4.69) is 0 Å². The molecule has 0 saturated heterocycles. The molecule has 0 unspecified atom stereocenters. The van der Waals surface area contributed by atoms with Crippen LogP contribution in [0.5, 0.6) is 5.75 Å². The summed E-state index contributed by atoms with van der Waals surface area (Å²) in [5.74, 6) is 0.609. The summed E-state index contributed by atoms with van der Waals surface area (Å²) in [7, 11) is 1.36. The highest BCUT2D eigenvalue weighted by molar-refractivity contribution is 6.18. The summed E-state index contributed by atoms with van der Waals surface area (Å²) in [5.41, 5.74) is 3.98. The molecule has 1 heterocycles. The lowest BCUT2D eigenvalue weighted by molar-refractivity contribution is 0.0593. The van der Waals surface area contributed by atoms with Gasteiger partial charge in [-0.2, -0.15) is 0 Å². The summed E-state index contributed by atoms with van der Waals surface area (Å²) >= 11 is 5.86. The maximum Gasteiger partial charge on any atom is 0.341 e. The molecule has 0 aliphatic carbocycles. The quantitative estimate of drug-likeness (QED) is 0.685. The molecule has 4 nitrogen and oxygen atoms in total. The number of hydrogen-bond acceptors (Lipinski definition) is 4. The predicted octanol–water partition coefficient (Wildman–Crippen LogP) is 2.38. The van der Waals surface area contributed by atoms with Crippen molar-refractivity contribution in [3.8, 4) is 5.75 Å². The topological polar surface area (TPSA) is 55.8 Å². The number of fused-ring (bicyclic) bond motifs is 1. The van der Waals surface area contributed by atoms with E-state index in [1.807, 2.05) is 6.92 Å². The Morgan fingerprint density at radius 2 is 2.20 bits per heavy atom. The number of esters is 1. The number of halogens is 1. The van der Waals surface area contributed by atoms with Gasteiger partial charge in [-0.1, -0.05) is 0 Å². The first-order valence-electron chi connectivity index (χ1n) is 6.70. The zero-order chi connectivity index (χ0) is 14.7. The van der Waals surface area contributed by atoms with Crippen molar-refractivity contribution in [2.24, 2.45) is 0 Å². The first-order valence-corrected chi connectivity index (χ1v) is 7.24. The fourth-order valence-corrected chi connectivity index (χ4v) is 3.03. The molecule has 0 spiro atoms. The van der Waals surface area contributed by atoms with E-state index in [9.17, 15) is 9.90 Å². The van der Waals surface area contributed by atoms with E-state index in [1.165, 1.54) is 7.11 Å². The third-order valence-corrected chi connectivity index (χ3v) is 3.96. The number of rotatable bonds is 4. The van der Waals surface area contributed by atoms with E-state index in [4.69, 9.17) is 21.1 Å². The van der Waals surface area contributed by atoms with Crippen LogP contribution in [0, 0.1) is 6.92 Å². The minimum Gasteiger partial charge on any atom is -0.492 e. The number of aliphatic hydroxyl groups is 1. The average molecular weight is 299 g/mol. The van der Waals surface area contributed by atoms with Gasteiger partial charge in [0.1, 0.15) is 11.3 Å². The number of ether oxygens (including phenoxy) is 2. The summed E-state index contributed by atoms with van der Waals surface area (Å²) in [6.07, 6.45) is 2.29. The molecule has 20 heavy (non-hydrogen) atoms. The molecule has 0 radical (unpaired) electrons. The van der Waals surface area contributed by atoms with Gasteiger partial charge in [-0.05, 0) is 42.9 Å². The van der Waals surface area contributed by atoms with Crippen molar-refractivity contribution in [1.29, 1.82) is 0 Å². The van der Waals surface area contributed by atoms with Crippen molar-refractivity contribution >= 4 is 17.6 Å². The standard InChI is InChI=1S/C15H19ClO4/c1-9-10(5-6-16)12(8-17)11-4-3-7-20-14(11)13(9)15(18)19-2/h17H,3-8H2,1-2H3. The van der Waals surface area contributed by atoms with Crippen LogP contribution in [0.4, 0.5) is 0 Å². The molecule has 0 saturated carbocycles. The van der Waals surface area contributed by atoms with Gasteiger partial charge >= 0.3 is 5.97 Å². The van der Waals surface area contributed by atoms with Crippen LogP contribution in [-0.2, 0) is 24.2 Å². The summed E-state index contributed by atoms with van der Waals surface area (Å²) in [6, 6.07) is 0. The molecule has 0 amide bonds. The van der Waals surface area contributed by atoms with E-state index in [1.54, 1.807) is 0 Å². The molecule has 5 heteroatoms. The third kappa shape index (κ3) is 2.50. The molecule has 1 aliphatic heterocycles. The van der Waals surface area contributed by atoms with Crippen molar-refractivity contribution in [2.75, 3.05) is 19.6 Å². The predicted molar refractivity (Wildman–Crippen MR) is 76.7 cm³/mol. The first-order chi connectivity index (χ1) is 9.65. The second-order valence-corrected chi connectivity index (χ2v) is 5.18. The molecule has 0 aromatic heterocycles. The fourth-order valence-electron chi connectivity index (χ4n) is 2.84. The Balaban J connectivity index is 2.73. The summed E-state index contributed by atoms with van der Waals surface area (Å²) < 4.78 is 10.6. The van der Waals surface area contributed by atoms with Crippen LogP contribution in [0.15, 0.2) is 0 Å². The zero-order valence-corrected chi connectivity index (χ0v) is 12.5. The Labute approximate surface area is 123 Å². The number of aliphatic hydroxyl groups excluding tert-OH is 1. The lowest BCUT2D eigenvalue weighted by Crippen LogP contribution is -2.19. The molecule has 0 atom stereocenters. The van der Waals surface area contributed by atoms with Crippen molar-refractivity contribution in [3.63, 3.8) is 0 Å². The largest absolute Gasteiger partial charge is 0.492 e. The molecule has 1 aromatic carbocycles. The van der Waals surface area contributed by atoms with Gasteiger partial charge in [0.2, 0.25) is 0 Å². The monoisotopic (exact) mass is 298 g/mol. The van der Waals surface area contributed by atoms with Gasteiger partial charge in [-0.15, -0.1) is 11.6 Å². The Kier molecular flexibility index (Phi) is 4.89. The lowest BCUT2D eigenvalue weighted by Gasteiger charge is -2.26. The lowest BCUT2D eigenvalue weighted by atomic mass is 9.87. The minimum atomic E-state index is -0.402. The number of methoxy groups -OCH3 is 1. The van der Waals surface area contributed by atoms with Gasteiger partial charge in [-0.3, -0.25) is 0 Å². The summed E-state index contributed by atoms with van der Waals surface area (Å²) in [5, 5.41) is 9.70. The van der Waals surface area contributed by atoms with Crippen molar-refractivity contribution < 1.29 is 19.4 Å². The highest BCUT2D eigenvalue weighted by Crippen LogP contribution is 2.38. The molecular weight excluding hydrogens is 280 g/mol. The van der Waals surface area contributed by atoms with E-state index in [0.717, 1.165) is 35.1 Å². The second kappa shape index (κ2) is 6.46. The van der Waals surface area contributed by atoms with Crippen LogP contribution in [0.3, 0.4) is 0 Å². The van der Waals surface area contributed by atoms with Crippen LogP contribution in [0.2, 0.25) is 0 Å². The molecular formula is C15H19ClO4. The molecule has 0 fully saturated rings. The van der Waals surface area contributed by atoms with Gasteiger partial charge < -0.3 is 14.6 Å². The second-order valence-electron chi connectivity index (χ2n) is 4.81. The molecule has 2 rings (SSSR count). The Morgan fingerprint density at radius 3 is 2.80 bits per heavy atom. The summed E-state index contributed by atoms with van der Waals surface area (Å²) in [4.78, 5) is 12.1. The van der Waals surface area contributed by atoms with E-state index in [-0.39, 0.29) is 6.61 Å². The van der Waals surface area contributed by atoms with Crippen LogP contribution in [0.25, 0.3) is 0 Å². The van der Waals surface area contributed by atoms with Crippen LogP contribution < -0.4 is 4.74 Å². The van der Waals surface area contributed by atoms with E-state index in [0.29, 0.717) is 30.2 Å². The highest BCUT2D eigenvalue weighted by atomic mass is 35.5. The average Bonchev–Trinajstić information content (AvgIpc) is 2.47. The van der Waals surface area contributed by atoms with Gasteiger partial charge in [0.15, 0.2) is 0 Å². The molecule has 110 valence electrons. The van der Waals surface area contributed by atoms with Gasteiger partial charge in [0.25, 0.3) is 0 Å². The van der Waals surface area contributed by atoms with Gasteiger partial charge in [0, 0.05) is 11.4 Å². The Morgan fingerprint density at radius 1 is 1.45 bits per heavy atom. The van der Waals surface area contributed by atoms with E-state index < -0.39 is 5.97 Å². The molecule has 1 N–H and O–H groups in total. The van der Waals surface area contributed by atoms with Crippen molar-refractivity contribution in [1.82, 2.24) is 0 Å². The van der Waals surface area contributed by atoms with Gasteiger partial charge in [0.05, 0.1) is 20.3 Å². The highest BCUT2D eigenvalue weighted by Gasteiger charge is 2.28. The van der Waals surface area contributed by atoms with Crippen molar-refractivity contribution in [2.45, 2.75) is 32.8 Å². The van der Waals surface area contributed by atoms with Crippen LogP contribution in [0.1, 0.15) is 39.0 Å². The smallest absolute Gasteiger partial charge is 0.341 e. The van der Waals surface area contributed by atoms with E-state index >= 15 is 0 Å². The van der Waals surface area contributed by atoms with Gasteiger partial charge in [-0.25, -0.2) is 4.79 Å². The SMILES string of the molecule is COC(=O)c1c(C)c(CCCl)c(CO)c2c1OCCC2. The maximum atomic E-state index is 12.1. The normalized spacial score (nSPS) is 13.6. The fraction of sp³-hybridized carbons (Fsp3) is 0.533. The Hall–Kier alpha value is -1.26.